The van der Waals surface area contributed by atoms with E-state index in [9.17, 15) is 35.5 Å². The summed E-state index contributed by atoms with van der Waals surface area (Å²) in [6, 6.07) is 3.30. The smallest absolute Gasteiger partial charge is 0.460 e. The summed E-state index contributed by atoms with van der Waals surface area (Å²) in [6.07, 6.45) is -5.10. The Labute approximate surface area is 131 Å². The van der Waals surface area contributed by atoms with Crippen molar-refractivity contribution in [3.8, 4) is 0 Å². The Hall–Kier alpha value is -1.78. The van der Waals surface area contributed by atoms with Crippen LogP contribution < -0.4 is 0 Å². The van der Waals surface area contributed by atoms with Gasteiger partial charge in [-0.05, 0) is 12.1 Å². The van der Waals surface area contributed by atoms with Crippen LogP contribution in [0.3, 0.4) is 0 Å². The molecule has 1 aromatic rings. The summed E-state index contributed by atoms with van der Waals surface area (Å²) >= 11 is 0. The van der Waals surface area contributed by atoms with E-state index < -0.39 is 23.9 Å². The van der Waals surface area contributed by atoms with E-state index in [1.807, 2.05) is 0 Å². The minimum absolute atomic E-state index is 0.0418. The predicted octanol–water partition coefficient (Wildman–Crippen LogP) is 2.76. The van der Waals surface area contributed by atoms with Gasteiger partial charge in [-0.25, -0.2) is 0 Å². The molecule has 1 aliphatic rings. The van der Waals surface area contributed by atoms with Gasteiger partial charge in [0.25, 0.3) is 5.91 Å². The number of rotatable bonds is 4. The Kier molecular flexibility index (Phi) is 4.84. The van der Waals surface area contributed by atoms with Crippen LogP contribution in [0.2, 0.25) is 0 Å². The van der Waals surface area contributed by atoms with Gasteiger partial charge in [0.2, 0.25) is 0 Å². The van der Waals surface area contributed by atoms with Crippen molar-refractivity contribution in [3.05, 3.63) is 24.2 Å². The quantitative estimate of drug-likeness (QED) is 0.773. The third kappa shape index (κ3) is 3.35. The summed E-state index contributed by atoms with van der Waals surface area (Å²) in [5, 5.41) is 0. The molecule has 0 bridgehead atoms. The number of amides is 1. The van der Waals surface area contributed by atoms with E-state index in [0.29, 0.717) is 17.2 Å². The van der Waals surface area contributed by atoms with E-state index in [-0.39, 0.29) is 26.2 Å². The van der Waals surface area contributed by atoms with Crippen LogP contribution in [0, 0.1) is 0 Å². The van der Waals surface area contributed by atoms with Crippen LogP contribution in [0.4, 0.5) is 30.7 Å². The molecule has 4 nitrogen and oxygen atoms in total. The Morgan fingerprint density at radius 1 is 1.04 bits per heavy atom. The van der Waals surface area contributed by atoms with Crippen LogP contribution in [-0.2, 0) is 11.3 Å². The standard InChI is InChI=1S/C13H13F7N2O2/c14-11(15,12(16,17)13(18,19)20)10(23)22-5-3-21(4-6-22)8-9-2-1-7-24-9/h1-2,7H,3-6,8H2. The summed E-state index contributed by atoms with van der Waals surface area (Å²) in [4.78, 5) is 13.5. The fourth-order valence-corrected chi connectivity index (χ4v) is 2.24. The first-order valence-electron chi connectivity index (χ1n) is 6.83. The van der Waals surface area contributed by atoms with E-state index >= 15 is 0 Å². The number of furan rings is 1. The van der Waals surface area contributed by atoms with Gasteiger partial charge in [-0.15, -0.1) is 0 Å². The number of alkyl halides is 7. The molecular weight excluding hydrogens is 349 g/mol. The van der Waals surface area contributed by atoms with Crippen molar-refractivity contribution in [1.29, 1.82) is 0 Å². The maximum atomic E-state index is 13.4. The summed E-state index contributed by atoms with van der Waals surface area (Å²) in [6.45, 7) is -0.378. The lowest BCUT2D eigenvalue weighted by Gasteiger charge is -2.37. The molecule has 2 heterocycles. The van der Waals surface area contributed by atoms with Gasteiger partial charge in [-0.1, -0.05) is 0 Å². The summed E-state index contributed by atoms with van der Waals surface area (Å²) in [5.74, 6) is -14.2. The number of nitrogens with zero attached hydrogens (tertiary/aromatic N) is 2. The topological polar surface area (TPSA) is 36.7 Å². The molecule has 0 N–H and O–H groups in total. The Morgan fingerprint density at radius 3 is 2.08 bits per heavy atom. The van der Waals surface area contributed by atoms with E-state index in [4.69, 9.17) is 4.42 Å². The van der Waals surface area contributed by atoms with E-state index in [0.717, 1.165) is 0 Å². The highest BCUT2D eigenvalue weighted by Gasteiger charge is 2.76. The molecule has 0 aromatic carbocycles. The minimum atomic E-state index is -6.52. The number of halogens is 7. The van der Waals surface area contributed by atoms with E-state index in [1.165, 1.54) is 6.26 Å². The SMILES string of the molecule is O=C(N1CCN(Cc2ccco2)CC1)C(F)(F)C(F)(F)C(F)(F)F. The molecule has 24 heavy (non-hydrogen) atoms. The van der Waals surface area contributed by atoms with Gasteiger partial charge in [-0.3, -0.25) is 9.69 Å². The van der Waals surface area contributed by atoms with Gasteiger partial charge in [0.15, 0.2) is 0 Å². The molecule has 0 unspecified atom stereocenters. The van der Waals surface area contributed by atoms with Gasteiger partial charge in [0, 0.05) is 26.2 Å². The molecule has 1 saturated heterocycles. The van der Waals surface area contributed by atoms with Crippen LogP contribution in [0.15, 0.2) is 22.8 Å². The monoisotopic (exact) mass is 362 g/mol. The Bertz CT molecular complexity index is 563. The average molecular weight is 362 g/mol. The molecule has 0 aliphatic carbocycles. The molecule has 11 heteroatoms. The van der Waals surface area contributed by atoms with Crippen LogP contribution >= 0.6 is 0 Å². The van der Waals surface area contributed by atoms with Crippen LogP contribution in [-0.4, -0.2) is 59.9 Å². The number of hydrogen-bond acceptors (Lipinski definition) is 3. The van der Waals surface area contributed by atoms with Crippen LogP contribution in [0.1, 0.15) is 5.76 Å². The molecule has 1 aromatic heterocycles. The van der Waals surface area contributed by atoms with Crippen molar-refractivity contribution < 1.29 is 39.9 Å². The molecular formula is C13H13F7N2O2. The third-order valence-electron chi connectivity index (χ3n) is 3.64. The third-order valence-corrected chi connectivity index (χ3v) is 3.64. The van der Waals surface area contributed by atoms with Crippen molar-refractivity contribution in [2.75, 3.05) is 26.2 Å². The second-order valence-electron chi connectivity index (χ2n) is 5.29. The second kappa shape index (κ2) is 6.26. The van der Waals surface area contributed by atoms with Gasteiger partial charge in [0.05, 0.1) is 12.8 Å². The van der Waals surface area contributed by atoms with Gasteiger partial charge >= 0.3 is 18.0 Å². The summed E-state index contributed by atoms with van der Waals surface area (Å²) in [7, 11) is 0. The highest BCUT2D eigenvalue weighted by atomic mass is 19.4. The van der Waals surface area contributed by atoms with Crippen molar-refractivity contribution >= 4 is 5.91 Å². The Morgan fingerprint density at radius 2 is 1.62 bits per heavy atom. The van der Waals surface area contributed by atoms with Crippen LogP contribution in [0.25, 0.3) is 0 Å². The zero-order valence-electron chi connectivity index (χ0n) is 12.1. The lowest BCUT2D eigenvalue weighted by atomic mass is 10.1. The number of piperazine rings is 1. The molecule has 0 radical (unpaired) electrons. The van der Waals surface area contributed by atoms with Gasteiger partial charge in [0.1, 0.15) is 5.76 Å². The van der Waals surface area contributed by atoms with Crippen molar-refractivity contribution in [3.63, 3.8) is 0 Å². The molecule has 136 valence electrons. The number of carbonyl (C=O) groups excluding carboxylic acids is 1. The first-order chi connectivity index (χ1) is 11.0. The van der Waals surface area contributed by atoms with Crippen molar-refractivity contribution in [2.45, 2.75) is 24.6 Å². The molecule has 0 spiro atoms. The largest absolute Gasteiger partial charge is 0.468 e. The zero-order valence-corrected chi connectivity index (χ0v) is 12.1. The lowest BCUT2D eigenvalue weighted by molar-refractivity contribution is -0.346. The zero-order chi connectivity index (χ0) is 18.2. The van der Waals surface area contributed by atoms with Gasteiger partial charge < -0.3 is 9.32 Å². The van der Waals surface area contributed by atoms with E-state index in [2.05, 4.69) is 0 Å². The lowest BCUT2D eigenvalue weighted by Crippen LogP contribution is -2.62. The van der Waals surface area contributed by atoms with Gasteiger partial charge in [-0.2, -0.15) is 30.7 Å². The summed E-state index contributed by atoms with van der Waals surface area (Å²) < 4.78 is 94.0. The molecule has 2 rings (SSSR count). The first kappa shape index (κ1) is 18.6. The normalized spacial score (nSPS) is 18.0. The highest BCUT2D eigenvalue weighted by molar-refractivity contribution is 5.85. The molecule has 0 atom stereocenters. The molecule has 0 saturated carbocycles. The van der Waals surface area contributed by atoms with Crippen molar-refractivity contribution in [2.24, 2.45) is 0 Å². The maximum Gasteiger partial charge on any atom is 0.460 e. The first-order valence-corrected chi connectivity index (χ1v) is 6.83. The summed E-state index contributed by atoms with van der Waals surface area (Å²) in [5.41, 5.74) is 0. The predicted molar refractivity (Wildman–Crippen MR) is 66.5 cm³/mol. The maximum absolute atomic E-state index is 13.4. The molecule has 1 aliphatic heterocycles. The highest BCUT2D eigenvalue weighted by Crippen LogP contribution is 2.47. The average Bonchev–Trinajstić information content (AvgIpc) is 2.99. The fourth-order valence-electron chi connectivity index (χ4n) is 2.24. The minimum Gasteiger partial charge on any atom is -0.468 e. The van der Waals surface area contributed by atoms with E-state index in [1.54, 1.807) is 17.0 Å². The second-order valence-corrected chi connectivity index (χ2v) is 5.29. The Balaban J connectivity index is 1.99. The number of carbonyl (C=O) groups is 1. The molecule has 1 fully saturated rings. The fraction of sp³-hybridized carbons (Fsp3) is 0.615. The van der Waals surface area contributed by atoms with Crippen molar-refractivity contribution in [1.82, 2.24) is 9.80 Å². The van der Waals surface area contributed by atoms with Crippen LogP contribution in [0.5, 0.6) is 0 Å². The number of hydrogen-bond donors (Lipinski definition) is 0. The molecule has 1 amide bonds.